The number of aromatic nitrogens is 2. The molecule has 2 N–H and O–H groups in total. The zero-order valence-corrected chi connectivity index (χ0v) is 19.2. The molecule has 1 aliphatic carbocycles. The highest BCUT2D eigenvalue weighted by molar-refractivity contribution is 7.99. The number of Topliss-reactive ketones (excluding diaryl/α,β-unsaturated/α-hetero) is 1. The fourth-order valence-electron chi connectivity index (χ4n) is 4.48. The molecule has 0 bridgehead atoms. The van der Waals surface area contributed by atoms with Gasteiger partial charge >= 0.3 is 0 Å². The van der Waals surface area contributed by atoms with Crippen LogP contribution >= 0.6 is 11.8 Å². The van der Waals surface area contributed by atoms with Gasteiger partial charge in [0.25, 0.3) is 5.56 Å². The molecule has 0 saturated heterocycles. The van der Waals surface area contributed by atoms with Crippen molar-refractivity contribution < 1.29 is 9.53 Å². The van der Waals surface area contributed by atoms with Crippen LogP contribution in [0, 0.1) is 0 Å². The van der Waals surface area contributed by atoms with Crippen LogP contribution in [0.3, 0.4) is 0 Å². The molecule has 1 atom stereocenters. The van der Waals surface area contributed by atoms with Crippen molar-refractivity contribution in [3.63, 3.8) is 0 Å². The maximum absolute atomic E-state index is 13.1. The number of rotatable bonds is 6. The summed E-state index contributed by atoms with van der Waals surface area (Å²) >= 11 is 1.49. The van der Waals surface area contributed by atoms with Gasteiger partial charge in [-0.1, -0.05) is 61.2 Å². The smallest absolute Gasteiger partial charge is 0.257 e. The second-order valence-electron chi connectivity index (χ2n) is 8.14. The summed E-state index contributed by atoms with van der Waals surface area (Å²) in [4.78, 5) is 33.7. The first-order chi connectivity index (χ1) is 16.1. The quantitative estimate of drug-likeness (QED) is 0.398. The molecule has 2 aliphatic rings. The standard InChI is InChI=1S/C26H25N3O3S/c1-2-33-26-28-24-23(25(31)29-26)21(22-19(27-24)9-6-10-20(22)30)17-11-13-18(14-12-17)32-15-16-7-4-3-5-8-16/h3-5,7-8,11-14,21H,2,6,9-10,15H2,1H3,(H2,27,28,29,31)/t21-/m1/s1. The first-order valence-electron chi connectivity index (χ1n) is 11.2. The molecule has 33 heavy (non-hydrogen) atoms. The Labute approximate surface area is 196 Å². The molecule has 2 heterocycles. The zero-order chi connectivity index (χ0) is 22.8. The number of ketones is 1. The third kappa shape index (κ3) is 4.33. The minimum Gasteiger partial charge on any atom is -0.489 e. The molecule has 1 aromatic heterocycles. The number of ether oxygens (including phenoxy) is 1. The van der Waals surface area contributed by atoms with Crippen molar-refractivity contribution in [1.29, 1.82) is 0 Å². The van der Waals surface area contributed by atoms with Gasteiger partial charge in [-0.25, -0.2) is 4.98 Å². The summed E-state index contributed by atoms with van der Waals surface area (Å²) in [6.45, 7) is 2.49. The summed E-state index contributed by atoms with van der Waals surface area (Å²) < 4.78 is 5.92. The lowest BCUT2D eigenvalue weighted by atomic mass is 9.76. The first kappa shape index (κ1) is 21.5. The van der Waals surface area contributed by atoms with Crippen molar-refractivity contribution in [3.05, 3.63) is 92.9 Å². The van der Waals surface area contributed by atoms with Crippen molar-refractivity contribution >= 4 is 23.4 Å². The molecule has 0 spiro atoms. The Morgan fingerprint density at radius 2 is 1.85 bits per heavy atom. The van der Waals surface area contributed by atoms with E-state index in [2.05, 4.69) is 15.3 Å². The molecule has 0 fully saturated rings. The summed E-state index contributed by atoms with van der Waals surface area (Å²) in [6.07, 6.45) is 2.08. The fourth-order valence-corrected chi connectivity index (χ4v) is 5.07. The number of nitrogens with one attached hydrogen (secondary N) is 2. The minimum atomic E-state index is -0.441. The summed E-state index contributed by atoms with van der Waals surface area (Å²) in [6, 6.07) is 17.7. The van der Waals surface area contributed by atoms with Crippen LogP contribution in [0.25, 0.3) is 0 Å². The molecule has 0 amide bonds. The zero-order valence-electron chi connectivity index (χ0n) is 18.4. The van der Waals surface area contributed by atoms with E-state index in [0.717, 1.165) is 41.2 Å². The van der Waals surface area contributed by atoms with Gasteiger partial charge in [-0.05, 0) is 41.9 Å². The number of thioether (sulfide) groups is 1. The second-order valence-corrected chi connectivity index (χ2v) is 9.39. The van der Waals surface area contributed by atoms with Gasteiger partial charge in [0.05, 0.1) is 5.56 Å². The van der Waals surface area contributed by atoms with E-state index in [0.29, 0.717) is 35.1 Å². The van der Waals surface area contributed by atoms with E-state index in [9.17, 15) is 9.59 Å². The number of carbonyl (C=O) groups excluding carboxylic acids is 1. The van der Waals surface area contributed by atoms with Gasteiger partial charge in [0.2, 0.25) is 0 Å². The highest BCUT2D eigenvalue weighted by Crippen LogP contribution is 2.43. The predicted octanol–water partition coefficient (Wildman–Crippen LogP) is 5.03. The van der Waals surface area contributed by atoms with Crippen molar-refractivity contribution in [2.24, 2.45) is 0 Å². The number of anilines is 1. The van der Waals surface area contributed by atoms with Crippen LogP contribution < -0.4 is 15.6 Å². The number of allylic oxidation sites excluding steroid dienone is 2. The molecule has 0 unspecified atom stereocenters. The molecule has 3 aromatic rings. The van der Waals surface area contributed by atoms with E-state index in [1.807, 2.05) is 61.5 Å². The monoisotopic (exact) mass is 459 g/mol. The summed E-state index contributed by atoms with van der Waals surface area (Å²) in [5.41, 5.74) is 3.85. The predicted molar refractivity (Wildman–Crippen MR) is 130 cm³/mol. The summed E-state index contributed by atoms with van der Waals surface area (Å²) in [7, 11) is 0. The van der Waals surface area contributed by atoms with Gasteiger partial charge in [0.15, 0.2) is 10.9 Å². The molecule has 5 rings (SSSR count). The van der Waals surface area contributed by atoms with E-state index in [1.165, 1.54) is 11.8 Å². The number of benzene rings is 2. The second kappa shape index (κ2) is 9.27. The van der Waals surface area contributed by atoms with Gasteiger partial charge in [-0.3, -0.25) is 9.59 Å². The van der Waals surface area contributed by atoms with Crippen LogP contribution in [0.1, 0.15) is 48.8 Å². The Kier molecular flexibility index (Phi) is 6.05. The van der Waals surface area contributed by atoms with Crippen LogP contribution in [0.2, 0.25) is 0 Å². The molecule has 1 aliphatic heterocycles. The highest BCUT2D eigenvalue weighted by Gasteiger charge is 2.37. The molecule has 2 aromatic carbocycles. The van der Waals surface area contributed by atoms with Crippen molar-refractivity contribution in [2.75, 3.05) is 11.1 Å². The lowest BCUT2D eigenvalue weighted by molar-refractivity contribution is -0.116. The number of nitrogens with zero attached hydrogens (tertiary/aromatic N) is 1. The van der Waals surface area contributed by atoms with Gasteiger partial charge < -0.3 is 15.0 Å². The number of H-pyrrole nitrogens is 1. The summed E-state index contributed by atoms with van der Waals surface area (Å²) in [5, 5.41) is 3.89. The molecule has 7 heteroatoms. The maximum atomic E-state index is 13.1. The van der Waals surface area contributed by atoms with Crippen LogP contribution in [0.4, 0.5) is 5.82 Å². The van der Waals surface area contributed by atoms with Crippen molar-refractivity contribution in [1.82, 2.24) is 9.97 Å². The van der Waals surface area contributed by atoms with Crippen molar-refractivity contribution in [3.8, 4) is 5.75 Å². The highest BCUT2D eigenvalue weighted by atomic mass is 32.2. The third-order valence-electron chi connectivity index (χ3n) is 5.98. The van der Waals surface area contributed by atoms with Crippen LogP contribution in [-0.4, -0.2) is 21.5 Å². The van der Waals surface area contributed by atoms with Gasteiger partial charge in [-0.15, -0.1) is 0 Å². The van der Waals surface area contributed by atoms with Gasteiger partial charge in [0, 0.05) is 23.6 Å². The molecular formula is C26H25N3O3S. The minimum absolute atomic E-state index is 0.0928. The lowest BCUT2D eigenvalue weighted by Crippen LogP contribution is -2.32. The topological polar surface area (TPSA) is 84.1 Å². The normalized spacial score (nSPS) is 17.2. The Balaban J connectivity index is 1.51. The van der Waals surface area contributed by atoms with Crippen LogP contribution in [0.5, 0.6) is 5.75 Å². The SMILES string of the molecule is CCSc1nc2c(c(=O)[nH]1)[C@H](c1ccc(OCc3ccccc3)cc1)C1=C(CCCC1=O)N2. The Bertz CT molecular complexity index is 1270. The molecule has 0 radical (unpaired) electrons. The van der Waals surface area contributed by atoms with Crippen LogP contribution in [-0.2, 0) is 11.4 Å². The number of hydrogen-bond donors (Lipinski definition) is 2. The maximum Gasteiger partial charge on any atom is 0.257 e. The first-order valence-corrected chi connectivity index (χ1v) is 12.2. The largest absolute Gasteiger partial charge is 0.489 e. The van der Waals surface area contributed by atoms with E-state index in [-0.39, 0.29) is 11.3 Å². The van der Waals surface area contributed by atoms with Gasteiger partial charge in [-0.2, -0.15) is 0 Å². The van der Waals surface area contributed by atoms with E-state index < -0.39 is 5.92 Å². The molecular weight excluding hydrogens is 434 g/mol. The number of hydrogen-bond acceptors (Lipinski definition) is 6. The van der Waals surface area contributed by atoms with E-state index in [1.54, 1.807) is 0 Å². The van der Waals surface area contributed by atoms with Gasteiger partial charge in [0.1, 0.15) is 18.2 Å². The average Bonchev–Trinajstić information content (AvgIpc) is 2.83. The third-order valence-corrected chi connectivity index (χ3v) is 6.73. The number of fused-ring (bicyclic) bond motifs is 1. The average molecular weight is 460 g/mol. The Morgan fingerprint density at radius 1 is 1.06 bits per heavy atom. The van der Waals surface area contributed by atoms with E-state index in [4.69, 9.17) is 4.74 Å². The Hall–Kier alpha value is -3.32. The van der Waals surface area contributed by atoms with E-state index >= 15 is 0 Å². The van der Waals surface area contributed by atoms with Crippen LogP contribution in [0.15, 0.2) is 75.8 Å². The number of carbonyl (C=O) groups is 1. The Morgan fingerprint density at radius 3 is 2.61 bits per heavy atom. The molecule has 0 saturated carbocycles. The molecule has 168 valence electrons. The molecule has 6 nitrogen and oxygen atoms in total. The summed E-state index contributed by atoms with van der Waals surface area (Å²) in [5.74, 6) is 1.75. The fraction of sp³-hybridized carbons (Fsp3) is 0.269. The lowest BCUT2D eigenvalue weighted by Gasteiger charge is -2.32. The van der Waals surface area contributed by atoms with Crippen molar-refractivity contribution in [2.45, 2.75) is 43.9 Å². The number of aromatic amines is 1.